The van der Waals surface area contributed by atoms with Crippen molar-refractivity contribution in [3.63, 3.8) is 0 Å². The van der Waals surface area contributed by atoms with Crippen molar-refractivity contribution in [3.05, 3.63) is 53.6 Å². The highest BCUT2D eigenvalue weighted by Gasteiger charge is 2.11. The van der Waals surface area contributed by atoms with E-state index in [4.69, 9.17) is 9.47 Å². The summed E-state index contributed by atoms with van der Waals surface area (Å²) in [5.41, 5.74) is 3.65. The fraction of sp³-hybridized carbons (Fsp3) is 0.188. The maximum absolute atomic E-state index is 11.7. The summed E-state index contributed by atoms with van der Waals surface area (Å²) >= 11 is 0. The number of methoxy groups -OCH3 is 2. The van der Waals surface area contributed by atoms with E-state index in [1.165, 1.54) is 7.11 Å². The lowest BCUT2D eigenvalue weighted by atomic mass is 9.98. The van der Waals surface area contributed by atoms with Crippen LogP contribution in [0.25, 0.3) is 11.1 Å². The first-order chi connectivity index (χ1) is 9.15. The van der Waals surface area contributed by atoms with Gasteiger partial charge >= 0.3 is 5.97 Å². The Bertz CT molecular complexity index is 603. The van der Waals surface area contributed by atoms with Crippen molar-refractivity contribution in [2.45, 2.75) is 6.92 Å². The van der Waals surface area contributed by atoms with Crippen LogP contribution in [0.2, 0.25) is 0 Å². The maximum atomic E-state index is 11.7. The molecule has 0 bridgehead atoms. The molecule has 0 saturated carbocycles. The molecule has 19 heavy (non-hydrogen) atoms. The zero-order chi connectivity index (χ0) is 13.8. The van der Waals surface area contributed by atoms with Crippen LogP contribution in [0, 0.1) is 6.92 Å². The van der Waals surface area contributed by atoms with Crippen LogP contribution in [0.4, 0.5) is 0 Å². The third-order valence-corrected chi connectivity index (χ3v) is 3.02. The molecular weight excluding hydrogens is 240 g/mol. The number of aryl methyl sites for hydroxylation is 1. The normalized spacial score (nSPS) is 10.1. The van der Waals surface area contributed by atoms with Gasteiger partial charge in [-0.05, 0) is 41.8 Å². The average molecular weight is 256 g/mol. The highest BCUT2D eigenvalue weighted by atomic mass is 16.5. The largest absolute Gasteiger partial charge is 0.497 e. The fourth-order valence-corrected chi connectivity index (χ4v) is 2.00. The van der Waals surface area contributed by atoms with E-state index in [-0.39, 0.29) is 5.97 Å². The fourth-order valence-electron chi connectivity index (χ4n) is 2.00. The molecule has 0 aliphatic rings. The third-order valence-electron chi connectivity index (χ3n) is 3.02. The molecule has 0 amide bonds. The number of ether oxygens (including phenoxy) is 2. The lowest BCUT2D eigenvalue weighted by Gasteiger charge is -2.10. The van der Waals surface area contributed by atoms with Crippen LogP contribution in [0.3, 0.4) is 0 Å². The zero-order valence-electron chi connectivity index (χ0n) is 11.3. The van der Waals surface area contributed by atoms with Crippen LogP contribution >= 0.6 is 0 Å². The first kappa shape index (κ1) is 13.1. The van der Waals surface area contributed by atoms with E-state index in [0.717, 1.165) is 16.7 Å². The van der Waals surface area contributed by atoms with Gasteiger partial charge in [-0.2, -0.15) is 0 Å². The predicted molar refractivity (Wildman–Crippen MR) is 74.5 cm³/mol. The molecule has 2 rings (SSSR count). The summed E-state index contributed by atoms with van der Waals surface area (Å²) in [5.74, 6) is 0.273. The number of hydrogen-bond acceptors (Lipinski definition) is 3. The molecule has 0 aromatic heterocycles. The quantitative estimate of drug-likeness (QED) is 0.789. The van der Waals surface area contributed by atoms with Crippen LogP contribution in [-0.2, 0) is 4.74 Å². The van der Waals surface area contributed by atoms with Crippen LogP contribution in [0.1, 0.15) is 15.9 Å². The maximum Gasteiger partial charge on any atom is 0.338 e. The van der Waals surface area contributed by atoms with Crippen molar-refractivity contribution in [2.24, 2.45) is 0 Å². The van der Waals surface area contributed by atoms with Gasteiger partial charge in [-0.3, -0.25) is 0 Å². The molecule has 0 heterocycles. The first-order valence-electron chi connectivity index (χ1n) is 5.99. The van der Waals surface area contributed by atoms with Crippen LogP contribution in [0.15, 0.2) is 42.5 Å². The number of carbonyl (C=O) groups excluding carboxylic acids is 1. The Morgan fingerprint density at radius 3 is 2.42 bits per heavy atom. The molecule has 3 nitrogen and oxygen atoms in total. The summed E-state index contributed by atoms with van der Waals surface area (Å²) in [4.78, 5) is 11.7. The number of benzene rings is 2. The molecule has 0 saturated heterocycles. The molecule has 2 aromatic carbocycles. The molecule has 0 aliphatic heterocycles. The topological polar surface area (TPSA) is 35.5 Å². The smallest absolute Gasteiger partial charge is 0.338 e. The van der Waals surface area contributed by atoms with Gasteiger partial charge in [0.25, 0.3) is 0 Å². The summed E-state index contributed by atoms with van der Waals surface area (Å²) in [6.07, 6.45) is 0. The van der Waals surface area contributed by atoms with Crippen molar-refractivity contribution in [3.8, 4) is 16.9 Å². The van der Waals surface area contributed by atoms with Crippen molar-refractivity contribution in [1.82, 2.24) is 0 Å². The van der Waals surface area contributed by atoms with Crippen LogP contribution in [-0.4, -0.2) is 20.2 Å². The van der Waals surface area contributed by atoms with E-state index in [1.54, 1.807) is 13.2 Å². The molecule has 0 aliphatic carbocycles. The van der Waals surface area contributed by atoms with Gasteiger partial charge in [0, 0.05) is 0 Å². The summed E-state index contributed by atoms with van der Waals surface area (Å²) < 4.78 is 10.0. The van der Waals surface area contributed by atoms with Gasteiger partial charge in [-0.1, -0.05) is 24.3 Å². The SMILES string of the molecule is COC(=O)c1cc(OC)cc(-c2ccccc2C)c1. The Hall–Kier alpha value is -2.29. The molecule has 0 unspecified atom stereocenters. The first-order valence-corrected chi connectivity index (χ1v) is 5.99. The van der Waals surface area contributed by atoms with Gasteiger partial charge in [0.1, 0.15) is 5.75 Å². The minimum absolute atomic E-state index is 0.367. The summed E-state index contributed by atoms with van der Waals surface area (Å²) in [7, 11) is 2.95. The second kappa shape index (κ2) is 5.57. The molecular formula is C16H16O3. The standard InChI is InChI=1S/C16H16O3/c1-11-6-4-5-7-15(11)12-8-13(16(17)19-3)10-14(9-12)18-2/h4-10H,1-3H3. The second-order valence-electron chi connectivity index (χ2n) is 4.26. The summed E-state index contributed by atoms with van der Waals surface area (Å²) in [6, 6.07) is 13.4. The molecule has 0 N–H and O–H groups in total. The lowest BCUT2D eigenvalue weighted by molar-refractivity contribution is 0.0600. The molecule has 3 heteroatoms. The van der Waals surface area contributed by atoms with Crippen LogP contribution in [0.5, 0.6) is 5.75 Å². The molecule has 0 atom stereocenters. The van der Waals surface area contributed by atoms with Gasteiger partial charge in [-0.15, -0.1) is 0 Å². The second-order valence-corrected chi connectivity index (χ2v) is 4.26. The van der Waals surface area contributed by atoms with Gasteiger partial charge in [0.15, 0.2) is 0 Å². The Balaban J connectivity index is 2.57. The van der Waals surface area contributed by atoms with E-state index in [1.807, 2.05) is 43.3 Å². The molecule has 0 spiro atoms. The Kier molecular flexibility index (Phi) is 3.85. The number of esters is 1. The average Bonchev–Trinajstić information content (AvgIpc) is 2.46. The highest BCUT2D eigenvalue weighted by Crippen LogP contribution is 2.28. The Morgan fingerprint density at radius 1 is 1.05 bits per heavy atom. The van der Waals surface area contributed by atoms with E-state index in [2.05, 4.69) is 0 Å². The van der Waals surface area contributed by atoms with Gasteiger partial charge in [0.05, 0.1) is 19.8 Å². The summed E-state index contributed by atoms with van der Waals surface area (Å²) in [6.45, 7) is 2.03. The van der Waals surface area contributed by atoms with E-state index in [9.17, 15) is 4.79 Å². The Labute approximate surface area is 112 Å². The highest BCUT2D eigenvalue weighted by molar-refractivity contribution is 5.91. The van der Waals surface area contributed by atoms with Gasteiger partial charge in [-0.25, -0.2) is 4.79 Å². The van der Waals surface area contributed by atoms with Crippen molar-refractivity contribution < 1.29 is 14.3 Å². The van der Waals surface area contributed by atoms with Gasteiger partial charge in [0.2, 0.25) is 0 Å². The molecule has 2 aromatic rings. The molecule has 98 valence electrons. The number of carbonyl (C=O) groups is 1. The predicted octanol–water partition coefficient (Wildman–Crippen LogP) is 3.46. The number of rotatable bonds is 3. The molecule has 0 radical (unpaired) electrons. The summed E-state index contributed by atoms with van der Waals surface area (Å²) in [5, 5.41) is 0. The minimum atomic E-state index is -0.367. The Morgan fingerprint density at radius 2 is 1.79 bits per heavy atom. The van der Waals surface area contributed by atoms with Crippen molar-refractivity contribution >= 4 is 5.97 Å². The van der Waals surface area contributed by atoms with E-state index < -0.39 is 0 Å². The monoisotopic (exact) mass is 256 g/mol. The molecule has 0 fully saturated rings. The van der Waals surface area contributed by atoms with Crippen molar-refractivity contribution in [2.75, 3.05) is 14.2 Å². The van der Waals surface area contributed by atoms with Crippen LogP contribution < -0.4 is 4.74 Å². The minimum Gasteiger partial charge on any atom is -0.497 e. The van der Waals surface area contributed by atoms with E-state index >= 15 is 0 Å². The van der Waals surface area contributed by atoms with Crippen molar-refractivity contribution in [1.29, 1.82) is 0 Å². The third kappa shape index (κ3) is 2.76. The van der Waals surface area contributed by atoms with E-state index in [0.29, 0.717) is 11.3 Å². The number of hydrogen-bond donors (Lipinski definition) is 0. The zero-order valence-corrected chi connectivity index (χ0v) is 11.3. The lowest BCUT2D eigenvalue weighted by Crippen LogP contribution is -2.02. The van der Waals surface area contributed by atoms with Gasteiger partial charge < -0.3 is 9.47 Å².